The number of anilines is 3. The Morgan fingerprint density at radius 3 is 1.90 bits per heavy atom. The van der Waals surface area contributed by atoms with E-state index in [9.17, 15) is 0 Å². The minimum atomic E-state index is 0.916. The average Bonchev–Trinajstić information content (AvgIpc) is 3.41. The van der Waals surface area contributed by atoms with Gasteiger partial charge >= 0.3 is 0 Å². The Morgan fingerprint density at radius 1 is 0.400 bits per heavy atom. The van der Waals surface area contributed by atoms with E-state index in [1.807, 2.05) is 12.1 Å². The molecule has 7 aromatic carbocycles. The quantitative estimate of drug-likeness (QED) is 0.234. The maximum atomic E-state index is 6.39. The number of fused-ring (bicyclic) bond motifs is 6. The molecule has 0 saturated heterocycles. The second kappa shape index (κ2) is 9.14. The number of para-hydroxylation sites is 2. The molecule has 0 radical (unpaired) electrons. The van der Waals surface area contributed by atoms with Crippen molar-refractivity contribution < 1.29 is 4.42 Å². The van der Waals surface area contributed by atoms with E-state index in [2.05, 4.69) is 144 Å². The van der Waals surface area contributed by atoms with Crippen molar-refractivity contribution in [3.05, 3.63) is 152 Å². The monoisotopic (exact) mass is 511 g/mol. The standard InChI is InChI=1S/C38H25NO/c1-2-12-28(13-3-1)39(29-22-20-27(21-23-29)31-16-8-11-26-10-4-5-14-30(26)31)36-18-9-17-34-32(36)24-25-35-33-15-6-7-19-37(33)40-38(34)35/h1-25H. The van der Waals surface area contributed by atoms with Gasteiger partial charge in [-0.05, 0) is 64.4 Å². The molecule has 0 aliphatic carbocycles. The molecule has 2 heteroatoms. The lowest BCUT2D eigenvalue weighted by molar-refractivity contribution is 0.672. The lowest BCUT2D eigenvalue weighted by atomic mass is 9.98. The van der Waals surface area contributed by atoms with Crippen LogP contribution in [0.5, 0.6) is 0 Å². The largest absolute Gasteiger partial charge is 0.455 e. The Labute approximate surface area is 232 Å². The van der Waals surface area contributed by atoms with Gasteiger partial charge in [-0.15, -0.1) is 0 Å². The summed E-state index contributed by atoms with van der Waals surface area (Å²) in [6, 6.07) is 53.7. The smallest absolute Gasteiger partial charge is 0.143 e. The molecule has 0 atom stereocenters. The van der Waals surface area contributed by atoms with Gasteiger partial charge < -0.3 is 9.32 Å². The third-order valence-electron chi connectivity index (χ3n) is 7.86. The van der Waals surface area contributed by atoms with Crippen molar-refractivity contribution in [3.8, 4) is 11.1 Å². The summed E-state index contributed by atoms with van der Waals surface area (Å²) in [5, 5.41) is 7.07. The molecule has 2 nitrogen and oxygen atoms in total. The zero-order valence-corrected chi connectivity index (χ0v) is 21.8. The molecule has 8 aromatic rings. The Kier molecular flexibility index (Phi) is 5.17. The topological polar surface area (TPSA) is 16.4 Å². The van der Waals surface area contributed by atoms with Crippen molar-refractivity contribution in [2.24, 2.45) is 0 Å². The van der Waals surface area contributed by atoms with Gasteiger partial charge in [0.1, 0.15) is 11.2 Å². The van der Waals surface area contributed by atoms with E-state index in [1.165, 1.54) is 21.9 Å². The van der Waals surface area contributed by atoms with E-state index in [-0.39, 0.29) is 0 Å². The second-order valence-electron chi connectivity index (χ2n) is 10.2. The highest BCUT2D eigenvalue weighted by Gasteiger charge is 2.18. The predicted octanol–water partition coefficient (Wildman–Crippen LogP) is 11.0. The van der Waals surface area contributed by atoms with Crippen molar-refractivity contribution in [2.75, 3.05) is 4.90 Å². The summed E-state index contributed by atoms with van der Waals surface area (Å²) in [7, 11) is 0. The first-order chi connectivity index (χ1) is 19.8. The number of nitrogens with zero attached hydrogens (tertiary/aromatic N) is 1. The van der Waals surface area contributed by atoms with Gasteiger partial charge in [0.2, 0.25) is 0 Å². The minimum absolute atomic E-state index is 0.916. The fraction of sp³-hybridized carbons (Fsp3) is 0. The number of rotatable bonds is 4. The second-order valence-corrected chi connectivity index (χ2v) is 10.2. The maximum absolute atomic E-state index is 6.39. The van der Waals surface area contributed by atoms with E-state index in [0.717, 1.165) is 49.8 Å². The SMILES string of the molecule is c1ccc(N(c2ccc(-c3cccc4ccccc34)cc2)c2cccc3c2ccc2c4ccccc4oc32)cc1. The molecular weight excluding hydrogens is 486 g/mol. The van der Waals surface area contributed by atoms with E-state index in [0.29, 0.717) is 0 Å². The minimum Gasteiger partial charge on any atom is -0.455 e. The van der Waals surface area contributed by atoms with Crippen LogP contribution in [0.2, 0.25) is 0 Å². The van der Waals surface area contributed by atoms with Crippen LogP contribution in [-0.4, -0.2) is 0 Å². The summed E-state index contributed by atoms with van der Waals surface area (Å²) in [4.78, 5) is 2.34. The molecule has 0 saturated carbocycles. The zero-order chi connectivity index (χ0) is 26.5. The van der Waals surface area contributed by atoms with Gasteiger partial charge in [0.25, 0.3) is 0 Å². The summed E-state index contributed by atoms with van der Waals surface area (Å²) in [6.45, 7) is 0. The molecule has 0 unspecified atom stereocenters. The molecular formula is C38H25NO. The van der Waals surface area contributed by atoms with E-state index < -0.39 is 0 Å². The van der Waals surface area contributed by atoms with Crippen molar-refractivity contribution in [1.29, 1.82) is 0 Å². The van der Waals surface area contributed by atoms with E-state index in [1.54, 1.807) is 0 Å². The van der Waals surface area contributed by atoms with Gasteiger partial charge in [-0.25, -0.2) is 0 Å². The number of benzene rings is 7. The average molecular weight is 512 g/mol. The summed E-state index contributed by atoms with van der Waals surface area (Å²) in [6.07, 6.45) is 0. The predicted molar refractivity (Wildman–Crippen MR) is 169 cm³/mol. The number of hydrogen-bond acceptors (Lipinski definition) is 2. The van der Waals surface area contributed by atoms with Crippen molar-refractivity contribution in [1.82, 2.24) is 0 Å². The lowest BCUT2D eigenvalue weighted by Crippen LogP contribution is -2.10. The maximum Gasteiger partial charge on any atom is 0.143 e. The van der Waals surface area contributed by atoms with E-state index in [4.69, 9.17) is 4.42 Å². The van der Waals surface area contributed by atoms with Gasteiger partial charge in [-0.2, -0.15) is 0 Å². The molecule has 0 fully saturated rings. The first kappa shape index (κ1) is 22.6. The fourth-order valence-corrected chi connectivity index (χ4v) is 5.99. The van der Waals surface area contributed by atoms with Gasteiger partial charge in [0.15, 0.2) is 0 Å². The van der Waals surface area contributed by atoms with Crippen molar-refractivity contribution in [3.63, 3.8) is 0 Å². The molecule has 8 rings (SSSR count). The molecule has 40 heavy (non-hydrogen) atoms. The number of hydrogen-bond donors (Lipinski definition) is 0. The first-order valence-electron chi connectivity index (χ1n) is 13.6. The highest BCUT2D eigenvalue weighted by molar-refractivity contribution is 6.17. The van der Waals surface area contributed by atoms with Crippen LogP contribution in [0.3, 0.4) is 0 Å². The van der Waals surface area contributed by atoms with Crippen LogP contribution in [0.15, 0.2) is 156 Å². The molecule has 188 valence electrons. The molecule has 0 aliphatic rings. The molecule has 0 spiro atoms. The molecule has 1 heterocycles. The van der Waals surface area contributed by atoms with Crippen molar-refractivity contribution >= 4 is 60.5 Å². The highest BCUT2D eigenvalue weighted by atomic mass is 16.3. The highest BCUT2D eigenvalue weighted by Crippen LogP contribution is 2.42. The third kappa shape index (κ3) is 3.58. The van der Waals surface area contributed by atoms with Gasteiger partial charge in [0, 0.05) is 32.9 Å². The summed E-state index contributed by atoms with van der Waals surface area (Å²) < 4.78 is 6.39. The summed E-state index contributed by atoms with van der Waals surface area (Å²) in [5.74, 6) is 0. The first-order valence-corrected chi connectivity index (χ1v) is 13.6. The summed E-state index contributed by atoms with van der Waals surface area (Å²) in [5.41, 5.74) is 7.62. The number of furan rings is 1. The Hall–Kier alpha value is -5.34. The van der Waals surface area contributed by atoms with Gasteiger partial charge in [-0.1, -0.05) is 109 Å². The molecule has 0 N–H and O–H groups in total. The van der Waals surface area contributed by atoms with Crippen LogP contribution in [0, 0.1) is 0 Å². The van der Waals surface area contributed by atoms with Crippen LogP contribution in [-0.2, 0) is 0 Å². The molecule has 0 amide bonds. The van der Waals surface area contributed by atoms with E-state index >= 15 is 0 Å². The van der Waals surface area contributed by atoms with Crippen LogP contribution < -0.4 is 4.90 Å². The molecule has 0 bridgehead atoms. The third-order valence-corrected chi connectivity index (χ3v) is 7.86. The van der Waals surface area contributed by atoms with Crippen LogP contribution in [0.1, 0.15) is 0 Å². The molecule has 0 aliphatic heterocycles. The van der Waals surface area contributed by atoms with Gasteiger partial charge in [-0.3, -0.25) is 0 Å². The van der Waals surface area contributed by atoms with Crippen molar-refractivity contribution in [2.45, 2.75) is 0 Å². The Morgan fingerprint density at radius 2 is 1.02 bits per heavy atom. The molecule has 1 aromatic heterocycles. The van der Waals surface area contributed by atoms with Crippen LogP contribution in [0.25, 0.3) is 54.6 Å². The van der Waals surface area contributed by atoms with Crippen LogP contribution in [0.4, 0.5) is 17.1 Å². The normalized spacial score (nSPS) is 11.5. The van der Waals surface area contributed by atoms with Gasteiger partial charge in [0.05, 0.1) is 5.69 Å². The Bertz CT molecular complexity index is 2150. The lowest BCUT2D eigenvalue weighted by Gasteiger charge is -2.27. The summed E-state index contributed by atoms with van der Waals surface area (Å²) >= 11 is 0. The van der Waals surface area contributed by atoms with Crippen LogP contribution >= 0.6 is 0 Å². The zero-order valence-electron chi connectivity index (χ0n) is 21.8. The fourth-order valence-electron chi connectivity index (χ4n) is 5.99. The Balaban J connectivity index is 1.31.